The maximum Gasteiger partial charge on any atom is 0.287 e. The summed E-state index contributed by atoms with van der Waals surface area (Å²) in [4.78, 5) is 12.3. The topological polar surface area (TPSA) is 69.3 Å². The number of amides is 1. The normalized spacial score (nSPS) is 10.8. The van der Waals surface area contributed by atoms with Gasteiger partial charge in [0.05, 0.1) is 11.2 Å². The van der Waals surface area contributed by atoms with Gasteiger partial charge in [0.2, 0.25) is 0 Å². The minimum Gasteiger partial charge on any atom is -0.484 e. The number of benzene rings is 1. The number of furan rings is 1. The number of hydrogen-bond acceptors (Lipinski definition) is 4. The fraction of sp³-hybridized carbons (Fsp3) is 0.263. The summed E-state index contributed by atoms with van der Waals surface area (Å²) in [5.41, 5.74) is 2.02. The molecule has 0 fully saturated rings. The van der Waals surface area contributed by atoms with Crippen LogP contribution in [0.25, 0.3) is 0 Å². The molecule has 0 unspecified atom stereocenters. The van der Waals surface area contributed by atoms with E-state index in [0.29, 0.717) is 23.1 Å². The molecule has 0 aliphatic heterocycles. The molecule has 8 heteroatoms. The summed E-state index contributed by atoms with van der Waals surface area (Å²) in [5.74, 6) is 1.03. The van der Waals surface area contributed by atoms with Crippen molar-refractivity contribution in [2.45, 2.75) is 33.5 Å². The van der Waals surface area contributed by atoms with Gasteiger partial charge in [-0.25, -0.2) is 0 Å². The summed E-state index contributed by atoms with van der Waals surface area (Å²) in [6.07, 6.45) is 1.77. The van der Waals surface area contributed by atoms with Crippen LogP contribution in [0, 0.1) is 6.92 Å². The van der Waals surface area contributed by atoms with E-state index in [-0.39, 0.29) is 18.3 Å². The lowest BCUT2D eigenvalue weighted by Crippen LogP contribution is -2.22. The van der Waals surface area contributed by atoms with E-state index in [4.69, 9.17) is 20.8 Å². The fourth-order valence-electron chi connectivity index (χ4n) is 2.56. The van der Waals surface area contributed by atoms with E-state index in [1.807, 2.05) is 24.6 Å². The number of hydrogen-bond donors (Lipinski definition) is 1. The second-order valence-corrected chi connectivity index (χ2v) is 7.21. The Morgan fingerprint density at radius 1 is 1.37 bits per heavy atom. The summed E-state index contributed by atoms with van der Waals surface area (Å²) >= 11 is 9.46. The number of aryl methyl sites for hydroxylation is 1. The number of aromatic nitrogens is 2. The van der Waals surface area contributed by atoms with Crippen molar-refractivity contribution in [3.8, 4) is 5.75 Å². The molecule has 1 amide bonds. The van der Waals surface area contributed by atoms with Crippen molar-refractivity contribution in [2.75, 3.05) is 0 Å². The molecular weight excluding hydrogens is 434 g/mol. The van der Waals surface area contributed by atoms with Gasteiger partial charge in [0.25, 0.3) is 5.91 Å². The van der Waals surface area contributed by atoms with E-state index >= 15 is 0 Å². The van der Waals surface area contributed by atoms with Gasteiger partial charge in [-0.1, -0.05) is 27.5 Å². The molecule has 3 rings (SSSR count). The average Bonchev–Trinajstić information content (AvgIpc) is 3.26. The molecule has 3 aromatic rings. The molecule has 142 valence electrons. The van der Waals surface area contributed by atoms with Gasteiger partial charge in [-0.15, -0.1) is 0 Å². The SMILES string of the molecule is CCn1ncc(CNC(=O)c2ccc(COc3ccc(Br)cc3Cl)o2)c1C. The molecule has 2 aromatic heterocycles. The summed E-state index contributed by atoms with van der Waals surface area (Å²) in [7, 11) is 0. The summed E-state index contributed by atoms with van der Waals surface area (Å²) in [6.45, 7) is 5.37. The van der Waals surface area contributed by atoms with Crippen molar-refractivity contribution in [3.63, 3.8) is 0 Å². The Morgan fingerprint density at radius 3 is 2.89 bits per heavy atom. The first-order valence-electron chi connectivity index (χ1n) is 8.44. The van der Waals surface area contributed by atoms with Crippen LogP contribution in [-0.4, -0.2) is 15.7 Å². The largest absolute Gasteiger partial charge is 0.484 e. The minimum absolute atomic E-state index is 0.178. The molecule has 0 saturated carbocycles. The number of rotatable bonds is 7. The molecular formula is C19H19BrClN3O3. The number of halogens is 2. The smallest absolute Gasteiger partial charge is 0.287 e. The molecule has 2 heterocycles. The summed E-state index contributed by atoms with van der Waals surface area (Å²) < 4.78 is 14.0. The van der Waals surface area contributed by atoms with Gasteiger partial charge in [0.15, 0.2) is 5.76 Å². The summed E-state index contributed by atoms with van der Waals surface area (Å²) in [6, 6.07) is 8.69. The zero-order valence-corrected chi connectivity index (χ0v) is 17.3. The third-order valence-electron chi connectivity index (χ3n) is 4.09. The number of carbonyl (C=O) groups excluding carboxylic acids is 1. The van der Waals surface area contributed by atoms with Crippen LogP contribution in [0.15, 0.2) is 45.4 Å². The Morgan fingerprint density at radius 2 is 2.19 bits per heavy atom. The van der Waals surface area contributed by atoms with E-state index < -0.39 is 0 Å². The van der Waals surface area contributed by atoms with Crippen molar-refractivity contribution >= 4 is 33.4 Å². The highest BCUT2D eigenvalue weighted by molar-refractivity contribution is 9.10. The minimum atomic E-state index is -0.286. The summed E-state index contributed by atoms with van der Waals surface area (Å²) in [5, 5.41) is 7.61. The average molecular weight is 453 g/mol. The van der Waals surface area contributed by atoms with Gasteiger partial charge in [-0.3, -0.25) is 9.48 Å². The first-order valence-corrected chi connectivity index (χ1v) is 9.61. The van der Waals surface area contributed by atoms with E-state index in [1.54, 1.807) is 30.5 Å². The first-order chi connectivity index (χ1) is 13.0. The molecule has 0 saturated heterocycles. The van der Waals surface area contributed by atoms with Gasteiger partial charge < -0.3 is 14.5 Å². The second kappa shape index (κ2) is 8.63. The predicted molar refractivity (Wildman–Crippen MR) is 106 cm³/mol. The van der Waals surface area contributed by atoms with Gasteiger partial charge in [-0.05, 0) is 44.2 Å². The van der Waals surface area contributed by atoms with E-state index in [0.717, 1.165) is 22.3 Å². The molecule has 0 radical (unpaired) electrons. The van der Waals surface area contributed by atoms with Gasteiger partial charge >= 0.3 is 0 Å². The van der Waals surface area contributed by atoms with E-state index in [1.165, 1.54) is 0 Å². The van der Waals surface area contributed by atoms with Crippen molar-refractivity contribution in [1.82, 2.24) is 15.1 Å². The van der Waals surface area contributed by atoms with Crippen molar-refractivity contribution < 1.29 is 13.9 Å². The number of ether oxygens (including phenoxy) is 1. The zero-order valence-electron chi connectivity index (χ0n) is 15.0. The Hall–Kier alpha value is -2.25. The highest BCUT2D eigenvalue weighted by atomic mass is 79.9. The monoisotopic (exact) mass is 451 g/mol. The maximum absolute atomic E-state index is 12.3. The van der Waals surface area contributed by atoms with Crippen LogP contribution in [0.2, 0.25) is 5.02 Å². The quantitative estimate of drug-likeness (QED) is 0.563. The lowest BCUT2D eigenvalue weighted by molar-refractivity contribution is 0.0919. The first kappa shape index (κ1) is 19.5. The van der Waals surface area contributed by atoms with Gasteiger partial charge in [0, 0.05) is 28.8 Å². The molecule has 0 bridgehead atoms. The molecule has 6 nitrogen and oxygen atoms in total. The van der Waals surface area contributed by atoms with Crippen molar-refractivity contribution in [1.29, 1.82) is 0 Å². The molecule has 0 aliphatic carbocycles. The molecule has 0 aliphatic rings. The Kier molecular flexibility index (Phi) is 6.23. The van der Waals surface area contributed by atoms with Crippen LogP contribution in [0.4, 0.5) is 0 Å². The van der Waals surface area contributed by atoms with Gasteiger partial charge in [0.1, 0.15) is 18.1 Å². The third kappa shape index (κ3) is 4.73. The Bertz CT molecular complexity index is 952. The van der Waals surface area contributed by atoms with Crippen LogP contribution in [0.5, 0.6) is 5.75 Å². The second-order valence-electron chi connectivity index (χ2n) is 5.88. The molecule has 1 aromatic carbocycles. The zero-order chi connectivity index (χ0) is 19.4. The van der Waals surface area contributed by atoms with Gasteiger partial charge in [-0.2, -0.15) is 5.10 Å². The van der Waals surface area contributed by atoms with E-state index in [9.17, 15) is 4.79 Å². The van der Waals surface area contributed by atoms with Crippen LogP contribution < -0.4 is 10.1 Å². The number of nitrogens with one attached hydrogen (secondary N) is 1. The van der Waals surface area contributed by atoms with Crippen LogP contribution in [0.1, 0.15) is 34.5 Å². The maximum atomic E-state index is 12.3. The fourth-order valence-corrected chi connectivity index (χ4v) is 3.29. The van der Waals surface area contributed by atoms with Crippen LogP contribution in [-0.2, 0) is 19.7 Å². The molecule has 0 spiro atoms. The number of nitrogens with zero attached hydrogens (tertiary/aromatic N) is 2. The molecule has 27 heavy (non-hydrogen) atoms. The Labute approximate surface area is 170 Å². The predicted octanol–water partition coefficient (Wildman–Crippen LogP) is 4.73. The van der Waals surface area contributed by atoms with Crippen LogP contribution >= 0.6 is 27.5 Å². The lowest BCUT2D eigenvalue weighted by atomic mass is 10.2. The van der Waals surface area contributed by atoms with E-state index in [2.05, 4.69) is 26.3 Å². The van der Waals surface area contributed by atoms with Crippen molar-refractivity contribution in [2.24, 2.45) is 0 Å². The van der Waals surface area contributed by atoms with Crippen LogP contribution in [0.3, 0.4) is 0 Å². The lowest BCUT2D eigenvalue weighted by Gasteiger charge is -2.06. The molecule has 0 atom stereocenters. The third-order valence-corrected chi connectivity index (χ3v) is 4.88. The molecule has 1 N–H and O–H groups in total. The highest BCUT2D eigenvalue weighted by Gasteiger charge is 2.13. The number of carbonyl (C=O) groups is 1. The van der Waals surface area contributed by atoms with Crippen molar-refractivity contribution in [3.05, 3.63) is 68.8 Å². The standard InChI is InChI=1S/C19H19BrClN3O3/c1-3-24-12(2)13(10-23-24)9-22-19(25)18-7-5-15(27-18)11-26-17-6-4-14(20)8-16(17)21/h4-8,10H,3,9,11H2,1-2H3,(H,22,25). The Balaban J connectivity index is 1.56. The highest BCUT2D eigenvalue weighted by Crippen LogP contribution is 2.28.